The topological polar surface area (TPSA) is 38.9 Å². The number of hydrogen-bond acceptors (Lipinski definition) is 12. The molecule has 0 amide bonds. The highest BCUT2D eigenvalue weighted by Gasteiger charge is 2.32. The minimum atomic E-state index is -2.55. The maximum Gasteiger partial charge on any atom is 0.0626 e. The van der Waals surface area contributed by atoms with E-state index in [2.05, 4.69) is 58.3 Å². The molecule has 6 heterocycles. The Balaban J connectivity index is 0.000000169. The van der Waals surface area contributed by atoms with E-state index in [1.54, 1.807) is 21.7 Å². The molecule has 624 valence electrons. The summed E-state index contributed by atoms with van der Waals surface area (Å²) >= 11 is 0. The van der Waals surface area contributed by atoms with E-state index < -0.39 is 296 Å². The molecule has 0 aliphatic carbocycles. The fourth-order valence-electron chi connectivity index (χ4n) is 14.2. The monoisotopic (exact) mass is 1650 g/mol. The SMILES string of the molecule is [2H]C([2H])([2H])N1CC([2H])([2H])N(C(c2ccccc2)c2ccccc2)C([2H])([2H])C1.[2H]C([2H])([2H])N1CCN(C(c2ccccc2)c2ccccc2)CC1.[2H]C1([2H])CN(C)CC([2H])([2H])N1C(c1ccccc1)c1ccccc1.[2H]c1c([2H])c([2H])c(C(c2c([2H])c([2H])c([2H])c([2H])c2[2H])N2C([2H])([2H])CN(C)CC2([2H])[2H])c([2H])c1[2H].[2H]c1c([2H])c([2H])c(C(c2c([2H])c([2H])c([2H])c([2H])c2[2H])N2CCN(C([2H])([2H])[2H])CC2)c([2H])c1[2H].[2H]c1c([2H])c([2H])c(C(c2c([2H])c([2H])c([2H])c([2H])c2[2H])N2CCN(C)CC2)c([2H])c1[2H]. The van der Waals surface area contributed by atoms with E-state index in [0.717, 1.165) is 40.2 Å². The Bertz CT molecular complexity index is 7010. The normalized spacial score (nSPS) is 26.4. The Morgan fingerprint density at radius 2 is 0.333 bits per heavy atom. The molecule has 0 saturated carbocycles. The Morgan fingerprint density at radius 1 is 0.183 bits per heavy atom. The first-order valence-corrected chi connectivity index (χ1v) is 39.6. The van der Waals surface area contributed by atoms with Crippen LogP contribution in [0.3, 0.4) is 0 Å². The van der Waals surface area contributed by atoms with Gasteiger partial charge in [-0.15, -0.1) is 0 Å². The van der Waals surface area contributed by atoms with Crippen LogP contribution in [0, 0.1) is 0 Å². The van der Waals surface area contributed by atoms with Crippen molar-refractivity contribution in [3.05, 3.63) is 430 Å². The molecule has 6 aliphatic heterocycles. The second-order valence-corrected chi connectivity index (χ2v) is 28.8. The summed E-state index contributed by atoms with van der Waals surface area (Å²) in [7, 11) is 5.17. The lowest BCUT2D eigenvalue weighted by molar-refractivity contribution is 0.127. The molecule has 12 heteroatoms. The van der Waals surface area contributed by atoms with Crippen molar-refractivity contribution in [3.8, 4) is 0 Å². The van der Waals surface area contributed by atoms with E-state index in [1.165, 1.54) is 37.8 Å². The molecule has 12 nitrogen and oxygen atoms in total. The number of hydrogen-bond donors (Lipinski definition) is 0. The molecule has 0 atom stereocenters. The van der Waals surface area contributed by atoms with E-state index in [4.69, 9.17) is 69.9 Å². The second-order valence-electron chi connectivity index (χ2n) is 28.8. The molecule has 6 saturated heterocycles. The van der Waals surface area contributed by atoms with Crippen molar-refractivity contribution < 1.29 is 69.9 Å². The van der Waals surface area contributed by atoms with Crippen molar-refractivity contribution in [1.82, 2.24) is 58.8 Å². The summed E-state index contributed by atoms with van der Waals surface area (Å²) < 4.78 is 415. The first kappa shape index (κ1) is 43.8. The molecule has 12 aromatic carbocycles. The van der Waals surface area contributed by atoms with E-state index >= 15 is 0 Å². The van der Waals surface area contributed by atoms with Crippen LogP contribution in [-0.4, -0.2) is 258 Å². The lowest BCUT2D eigenvalue weighted by atomic mass is 9.96. The van der Waals surface area contributed by atoms with Crippen LogP contribution in [0.2, 0.25) is 0 Å². The molecular formula is C108H132N12. The molecule has 12 aromatic rings. The summed E-state index contributed by atoms with van der Waals surface area (Å²) in [6.45, 7) is -15.9. The molecule has 6 fully saturated rings. The summed E-state index contributed by atoms with van der Waals surface area (Å²) in [5.74, 6) is 0. The largest absolute Gasteiger partial charge is 0.304 e. The van der Waals surface area contributed by atoms with Gasteiger partial charge in [0.25, 0.3) is 0 Å². The molecule has 0 unspecified atom stereocenters. The van der Waals surface area contributed by atoms with Crippen LogP contribution in [0.25, 0.3) is 0 Å². The van der Waals surface area contributed by atoms with Crippen molar-refractivity contribution in [3.63, 3.8) is 0 Å². The predicted octanol–water partition coefficient (Wildman–Crippen LogP) is 18.1. The number of likely N-dealkylation sites (N-methyl/N-ethyl adjacent to an activating group) is 6. The first-order valence-electron chi connectivity index (χ1n) is 65.1. The van der Waals surface area contributed by atoms with Crippen LogP contribution in [0.5, 0.6) is 0 Å². The highest BCUT2D eigenvalue weighted by molar-refractivity contribution is 5.39. The third-order valence-corrected chi connectivity index (χ3v) is 20.4. The average molecular weight is 1650 g/mol. The Labute approximate surface area is 792 Å². The minimum absolute atomic E-state index is 0.0598. The molecule has 0 spiro atoms. The number of rotatable bonds is 18. The van der Waals surface area contributed by atoms with Crippen LogP contribution in [0.4, 0.5) is 0 Å². The van der Waals surface area contributed by atoms with Crippen molar-refractivity contribution in [2.45, 2.75) is 36.3 Å². The lowest BCUT2D eigenvalue weighted by Crippen LogP contribution is -2.46. The van der Waals surface area contributed by atoms with Gasteiger partial charge in [-0.1, -0.05) is 363 Å². The summed E-state index contributed by atoms with van der Waals surface area (Å²) in [5.41, 5.74) is 4.02. The summed E-state index contributed by atoms with van der Waals surface area (Å²) in [4.78, 5) is 17.9. The van der Waals surface area contributed by atoms with E-state index in [1.807, 2.05) is 145 Å². The van der Waals surface area contributed by atoms with E-state index in [0.29, 0.717) is 44.2 Å². The average Bonchev–Trinajstić information content (AvgIpc) is 0.724. The number of piperazine rings is 6. The molecule has 120 heavy (non-hydrogen) atoms. The van der Waals surface area contributed by atoms with Gasteiger partial charge in [-0.25, -0.2) is 0 Å². The zero-order valence-corrected chi connectivity index (χ0v) is 67.4. The summed E-state index contributed by atoms with van der Waals surface area (Å²) in [6, 6.07) is 34.8. The van der Waals surface area contributed by atoms with Crippen molar-refractivity contribution >= 4 is 0 Å². The zero-order chi connectivity index (χ0) is 127. The van der Waals surface area contributed by atoms with Crippen LogP contribution in [0.1, 0.15) is 173 Å². The number of nitrogens with zero attached hydrogens (tertiary/aromatic N) is 12. The van der Waals surface area contributed by atoms with Gasteiger partial charge in [0.05, 0.1) is 77.4 Å². The van der Waals surface area contributed by atoms with Gasteiger partial charge in [0.2, 0.25) is 0 Å². The van der Waals surface area contributed by atoms with Gasteiger partial charge in [-0.2, -0.15) is 0 Å². The number of benzene rings is 12. The molecule has 0 aromatic heterocycles. The van der Waals surface area contributed by atoms with Gasteiger partial charge < -0.3 is 29.4 Å². The molecule has 0 N–H and O–H groups in total. The Hall–Kier alpha value is -9.84. The lowest BCUT2D eigenvalue weighted by Gasteiger charge is -2.38. The fraction of sp³-hybridized carbons (Fsp3) is 0.333. The first-order chi connectivity index (χ1) is 79.5. The molecule has 18 rings (SSSR count). The standard InChI is InChI=1S/6C18H22N2/c6*1-19-12-14-20(15-13-19)18(16-8-4-2-5-9-16)17-10-6-3-7-11-17/h6*2-11,18H,12-15H2,1H3/i2D,3D,4D,5D,6D,7D,8D,9D,10D,11D,14D2,15D2;1D3,2D,3D,4D,5D,6D,7D,8D,9D,10D,11D;2D,3D,4D,5D,6D,7D,8D,9D,10D,11D;1D3,14D2,15D2;14D2,15D2;1D3. The van der Waals surface area contributed by atoms with Crippen LogP contribution < -0.4 is 0 Å². The maximum absolute atomic E-state index is 8.58. The second kappa shape index (κ2) is 47.4. The fourth-order valence-corrected chi connectivity index (χ4v) is 14.2. The zero-order valence-electron chi connectivity index (χ0n) is 118. The predicted molar refractivity (Wildman–Crippen MR) is 503 cm³/mol. The van der Waals surface area contributed by atoms with Crippen molar-refractivity contribution in [2.24, 2.45) is 0 Å². The Morgan fingerprint density at radius 3 is 0.533 bits per heavy atom. The van der Waals surface area contributed by atoms with Gasteiger partial charge in [0.15, 0.2) is 0 Å². The molecule has 0 bridgehead atoms. The van der Waals surface area contributed by atoms with E-state index in [9.17, 15) is 0 Å². The quantitative estimate of drug-likeness (QED) is 0.0822. The third-order valence-electron chi connectivity index (χ3n) is 20.4. The summed E-state index contributed by atoms with van der Waals surface area (Å²) in [6.07, 6.45) is 0. The highest BCUT2D eigenvalue weighted by Crippen LogP contribution is 2.36. The van der Waals surface area contributed by atoms with Crippen molar-refractivity contribution in [2.75, 3.05) is 199 Å². The van der Waals surface area contributed by atoms with Gasteiger partial charge in [0.1, 0.15) is 0 Å². The third kappa shape index (κ3) is 26.1. The van der Waals surface area contributed by atoms with Gasteiger partial charge >= 0.3 is 0 Å². The Kier molecular flexibility index (Phi) is 17.3. The van der Waals surface area contributed by atoms with Crippen LogP contribution in [-0.2, 0) is 0 Å². The van der Waals surface area contributed by atoms with Gasteiger partial charge in [-0.05, 0) is 109 Å². The smallest absolute Gasteiger partial charge is 0.0626 e. The van der Waals surface area contributed by atoms with Gasteiger partial charge in [-0.3, -0.25) is 29.4 Å². The minimum Gasteiger partial charge on any atom is -0.304 e. The maximum atomic E-state index is 8.58. The molecular weight excluding hydrogens is 1470 g/mol. The molecule has 6 aliphatic rings. The van der Waals surface area contributed by atoms with E-state index in [-0.39, 0.29) is 80.7 Å². The van der Waals surface area contributed by atoms with Crippen LogP contribution in [0.15, 0.2) is 363 Å². The van der Waals surface area contributed by atoms with Crippen molar-refractivity contribution in [1.29, 1.82) is 0 Å². The highest BCUT2D eigenvalue weighted by atomic mass is 15.3. The molecule has 0 radical (unpaired) electrons. The summed E-state index contributed by atoms with van der Waals surface area (Å²) in [5, 5.41) is 0. The van der Waals surface area contributed by atoms with Crippen LogP contribution >= 0.6 is 0 Å². The van der Waals surface area contributed by atoms with Gasteiger partial charge in [0, 0.05) is 186 Å².